The molecule has 0 fully saturated rings. The Kier molecular flexibility index (Phi) is 6.36. The van der Waals surface area contributed by atoms with Gasteiger partial charge in [0, 0.05) is 6.61 Å². The molecule has 0 saturated heterocycles. The van der Waals surface area contributed by atoms with Gasteiger partial charge in [0.1, 0.15) is 0 Å². The van der Waals surface area contributed by atoms with Crippen LogP contribution in [0.2, 0.25) is 0 Å². The monoisotopic (exact) mass is 253 g/mol. The summed E-state index contributed by atoms with van der Waals surface area (Å²) in [5.74, 6) is 1.89. The molecule has 0 amide bonds. The highest BCUT2D eigenvalue weighted by Gasteiger charge is 2.12. The molecular weight excluding hydrogens is 232 g/mol. The Labute approximate surface area is 109 Å². The number of hydrogen-bond acceptors (Lipinski definition) is 4. The highest BCUT2D eigenvalue weighted by Crippen LogP contribution is 2.38. The van der Waals surface area contributed by atoms with Crippen LogP contribution < -0.4 is 14.2 Å². The Morgan fingerprint density at radius 2 is 1.61 bits per heavy atom. The van der Waals surface area contributed by atoms with Crippen LogP contribution in [0.1, 0.15) is 18.4 Å². The molecule has 4 heteroatoms. The number of unbranched alkanes of at least 4 members (excludes halogenated alkanes) is 1. The molecular formula is C14H21O4. The topological polar surface area (TPSA) is 36.9 Å². The van der Waals surface area contributed by atoms with E-state index in [1.165, 1.54) is 0 Å². The van der Waals surface area contributed by atoms with Crippen LogP contribution in [-0.4, -0.2) is 27.9 Å². The molecule has 1 aromatic rings. The molecule has 1 aromatic carbocycles. The van der Waals surface area contributed by atoms with Gasteiger partial charge in [0.25, 0.3) is 0 Å². The minimum atomic E-state index is 0.525. The smallest absolute Gasteiger partial charge is 0.203 e. The Hall–Kier alpha value is -1.42. The summed E-state index contributed by atoms with van der Waals surface area (Å²) in [6, 6.07) is 3.79. The van der Waals surface area contributed by atoms with Crippen LogP contribution in [-0.2, 0) is 11.3 Å². The minimum absolute atomic E-state index is 0.525. The van der Waals surface area contributed by atoms with Gasteiger partial charge in [-0.05, 0) is 24.1 Å². The number of ether oxygens (including phenoxy) is 4. The zero-order valence-corrected chi connectivity index (χ0v) is 11.3. The SMILES string of the molecule is [CH2]CCCOCc1cc(OC)c(OC)c(OC)c1. The molecule has 0 heterocycles. The van der Waals surface area contributed by atoms with Gasteiger partial charge in [-0.15, -0.1) is 0 Å². The van der Waals surface area contributed by atoms with Crippen LogP contribution in [0.5, 0.6) is 17.2 Å². The third-order valence-electron chi connectivity index (χ3n) is 2.53. The lowest BCUT2D eigenvalue weighted by Crippen LogP contribution is -1.99. The van der Waals surface area contributed by atoms with Crippen molar-refractivity contribution in [3.8, 4) is 17.2 Å². The highest BCUT2D eigenvalue weighted by molar-refractivity contribution is 5.53. The van der Waals surface area contributed by atoms with Gasteiger partial charge in [-0.25, -0.2) is 0 Å². The van der Waals surface area contributed by atoms with E-state index >= 15 is 0 Å². The fraction of sp³-hybridized carbons (Fsp3) is 0.500. The second kappa shape index (κ2) is 7.82. The van der Waals surface area contributed by atoms with Crippen molar-refractivity contribution in [2.24, 2.45) is 0 Å². The molecule has 0 saturated carbocycles. The number of rotatable bonds is 8. The lowest BCUT2D eigenvalue weighted by atomic mass is 10.2. The van der Waals surface area contributed by atoms with E-state index in [4.69, 9.17) is 18.9 Å². The van der Waals surface area contributed by atoms with E-state index in [1.54, 1.807) is 21.3 Å². The first kappa shape index (κ1) is 14.6. The van der Waals surface area contributed by atoms with Gasteiger partial charge >= 0.3 is 0 Å². The fourth-order valence-electron chi connectivity index (χ4n) is 1.61. The summed E-state index contributed by atoms with van der Waals surface area (Å²) >= 11 is 0. The van der Waals surface area contributed by atoms with E-state index in [-0.39, 0.29) is 0 Å². The maximum Gasteiger partial charge on any atom is 0.203 e. The fourth-order valence-corrected chi connectivity index (χ4v) is 1.61. The molecule has 0 aliphatic rings. The molecule has 0 N–H and O–H groups in total. The van der Waals surface area contributed by atoms with E-state index < -0.39 is 0 Å². The molecule has 0 spiro atoms. The predicted octanol–water partition coefficient (Wildman–Crippen LogP) is 2.84. The zero-order valence-electron chi connectivity index (χ0n) is 11.3. The van der Waals surface area contributed by atoms with Crippen LogP contribution in [0.3, 0.4) is 0 Å². The summed E-state index contributed by atoms with van der Waals surface area (Å²) in [4.78, 5) is 0. The molecule has 1 radical (unpaired) electrons. The van der Waals surface area contributed by atoms with Crippen molar-refractivity contribution in [3.05, 3.63) is 24.6 Å². The Morgan fingerprint density at radius 1 is 1.00 bits per heavy atom. The van der Waals surface area contributed by atoms with Crippen molar-refractivity contribution in [3.63, 3.8) is 0 Å². The second-order valence-electron chi connectivity index (χ2n) is 3.79. The molecule has 0 bridgehead atoms. The number of hydrogen-bond donors (Lipinski definition) is 0. The normalized spacial score (nSPS) is 10.2. The van der Waals surface area contributed by atoms with Gasteiger partial charge < -0.3 is 18.9 Å². The van der Waals surface area contributed by atoms with Crippen molar-refractivity contribution in [1.29, 1.82) is 0 Å². The van der Waals surface area contributed by atoms with Gasteiger partial charge in [-0.2, -0.15) is 0 Å². The maximum absolute atomic E-state index is 5.54. The van der Waals surface area contributed by atoms with Crippen LogP contribution in [0.25, 0.3) is 0 Å². The summed E-state index contributed by atoms with van der Waals surface area (Å²) in [6.45, 7) is 5.00. The molecule has 0 unspecified atom stereocenters. The van der Waals surface area contributed by atoms with Gasteiger partial charge in [0.2, 0.25) is 5.75 Å². The molecule has 101 valence electrons. The first-order valence-electron chi connectivity index (χ1n) is 5.92. The van der Waals surface area contributed by atoms with E-state index in [1.807, 2.05) is 12.1 Å². The van der Waals surface area contributed by atoms with Gasteiger partial charge in [0.15, 0.2) is 11.5 Å². The largest absolute Gasteiger partial charge is 0.493 e. The lowest BCUT2D eigenvalue weighted by Gasteiger charge is -2.14. The van der Waals surface area contributed by atoms with Crippen LogP contribution in [0.4, 0.5) is 0 Å². The zero-order chi connectivity index (χ0) is 13.4. The summed E-state index contributed by atoms with van der Waals surface area (Å²) < 4.78 is 21.4. The number of methoxy groups -OCH3 is 3. The molecule has 0 aliphatic heterocycles. The summed E-state index contributed by atoms with van der Waals surface area (Å²) in [5.41, 5.74) is 0.994. The van der Waals surface area contributed by atoms with Gasteiger partial charge in [0.05, 0.1) is 27.9 Å². The van der Waals surface area contributed by atoms with Crippen LogP contribution >= 0.6 is 0 Å². The Balaban J connectivity index is 2.80. The first-order chi connectivity index (χ1) is 8.76. The van der Waals surface area contributed by atoms with E-state index in [9.17, 15) is 0 Å². The molecule has 0 aliphatic carbocycles. The van der Waals surface area contributed by atoms with Crippen LogP contribution in [0.15, 0.2) is 12.1 Å². The number of benzene rings is 1. The highest BCUT2D eigenvalue weighted by atomic mass is 16.5. The van der Waals surface area contributed by atoms with Gasteiger partial charge in [-0.3, -0.25) is 0 Å². The quantitative estimate of drug-likeness (QED) is 0.668. The Morgan fingerprint density at radius 3 is 2.06 bits per heavy atom. The third-order valence-corrected chi connectivity index (χ3v) is 2.53. The molecule has 0 atom stereocenters. The average molecular weight is 253 g/mol. The first-order valence-corrected chi connectivity index (χ1v) is 5.92. The van der Waals surface area contributed by atoms with Crippen molar-refractivity contribution < 1.29 is 18.9 Å². The van der Waals surface area contributed by atoms with Crippen molar-refractivity contribution in [2.75, 3.05) is 27.9 Å². The predicted molar refractivity (Wildman–Crippen MR) is 70.3 cm³/mol. The van der Waals surface area contributed by atoms with Crippen molar-refractivity contribution in [2.45, 2.75) is 19.4 Å². The second-order valence-corrected chi connectivity index (χ2v) is 3.79. The lowest BCUT2D eigenvalue weighted by molar-refractivity contribution is 0.118. The standard InChI is InChI=1S/C14H21O4/c1-5-6-7-18-10-11-8-12(15-2)14(17-4)13(9-11)16-3/h8-9H,1,5-7,10H2,2-4H3. The van der Waals surface area contributed by atoms with Gasteiger partial charge in [-0.1, -0.05) is 13.3 Å². The van der Waals surface area contributed by atoms with Crippen molar-refractivity contribution in [1.82, 2.24) is 0 Å². The summed E-state index contributed by atoms with van der Waals surface area (Å²) in [7, 11) is 4.79. The maximum atomic E-state index is 5.54. The third kappa shape index (κ3) is 3.81. The van der Waals surface area contributed by atoms with Crippen molar-refractivity contribution >= 4 is 0 Å². The Bertz CT molecular complexity index is 338. The summed E-state index contributed by atoms with van der Waals surface area (Å²) in [5, 5.41) is 0. The van der Waals surface area contributed by atoms with E-state index in [0.29, 0.717) is 30.5 Å². The average Bonchev–Trinajstić information content (AvgIpc) is 2.42. The molecule has 4 nitrogen and oxygen atoms in total. The molecule has 18 heavy (non-hydrogen) atoms. The minimum Gasteiger partial charge on any atom is -0.493 e. The van der Waals surface area contributed by atoms with E-state index in [0.717, 1.165) is 18.4 Å². The van der Waals surface area contributed by atoms with Crippen LogP contribution in [0, 0.1) is 6.92 Å². The summed E-state index contributed by atoms with van der Waals surface area (Å²) in [6.07, 6.45) is 1.85. The molecule has 0 aromatic heterocycles. The van der Waals surface area contributed by atoms with E-state index in [2.05, 4.69) is 6.92 Å². The molecule has 1 rings (SSSR count).